The minimum Gasteiger partial charge on any atom is -0.489 e. The maximum Gasteiger partial charge on any atom is 0.119 e. The third-order valence-corrected chi connectivity index (χ3v) is 3.31. The van der Waals surface area contributed by atoms with Gasteiger partial charge in [-0.15, -0.1) is 0 Å². The first kappa shape index (κ1) is 14.4. The number of ether oxygens (including phenoxy) is 1. The highest BCUT2D eigenvalue weighted by Crippen LogP contribution is 2.15. The van der Waals surface area contributed by atoms with E-state index >= 15 is 0 Å². The van der Waals surface area contributed by atoms with Gasteiger partial charge >= 0.3 is 0 Å². The van der Waals surface area contributed by atoms with Gasteiger partial charge in [0, 0.05) is 5.69 Å². The average molecular weight is 269 g/mol. The molecule has 0 saturated carbocycles. The Balaban J connectivity index is 1.82. The lowest BCUT2D eigenvalue weighted by Crippen LogP contribution is -2.22. The van der Waals surface area contributed by atoms with Gasteiger partial charge in [-0.3, -0.25) is 0 Å². The van der Waals surface area contributed by atoms with Crippen LogP contribution in [0.5, 0.6) is 5.75 Å². The van der Waals surface area contributed by atoms with Crippen molar-refractivity contribution < 1.29 is 4.74 Å². The molecule has 1 N–H and O–H groups in total. The zero-order chi connectivity index (χ0) is 14.4. The first-order chi connectivity index (χ1) is 9.67. The van der Waals surface area contributed by atoms with Crippen LogP contribution in [-0.4, -0.2) is 12.6 Å². The molecule has 1 atom stereocenters. The van der Waals surface area contributed by atoms with Crippen LogP contribution in [0.3, 0.4) is 0 Å². The van der Waals surface area contributed by atoms with Crippen LogP contribution < -0.4 is 10.1 Å². The number of nitrogens with one attached hydrogen (secondary N) is 1. The molecule has 2 aromatic rings. The second kappa shape index (κ2) is 6.99. The molecule has 0 heterocycles. The Morgan fingerprint density at radius 3 is 2.25 bits per heavy atom. The van der Waals surface area contributed by atoms with Crippen molar-refractivity contribution in [3.05, 3.63) is 59.7 Å². The maximum atomic E-state index is 5.90. The quantitative estimate of drug-likeness (QED) is 0.837. The fourth-order valence-corrected chi connectivity index (χ4v) is 2.01. The summed E-state index contributed by atoms with van der Waals surface area (Å²) in [6.07, 6.45) is 1.19. The van der Waals surface area contributed by atoms with E-state index in [0.717, 1.165) is 24.4 Å². The van der Waals surface area contributed by atoms with Crippen molar-refractivity contribution in [1.29, 1.82) is 0 Å². The lowest BCUT2D eigenvalue weighted by molar-refractivity contribution is 0.234. The third kappa shape index (κ3) is 4.30. The Hall–Kier alpha value is -1.96. The summed E-state index contributed by atoms with van der Waals surface area (Å²) in [5, 5.41) is 3.39. The lowest BCUT2D eigenvalue weighted by Gasteiger charge is -2.16. The second-order valence-corrected chi connectivity index (χ2v) is 5.17. The zero-order valence-electron chi connectivity index (χ0n) is 12.5. The zero-order valence-corrected chi connectivity index (χ0v) is 12.5. The van der Waals surface area contributed by atoms with Crippen LogP contribution in [0.25, 0.3) is 0 Å². The lowest BCUT2D eigenvalue weighted by atomic mass is 10.2. The molecule has 106 valence electrons. The average Bonchev–Trinajstić information content (AvgIpc) is 2.47. The molecule has 0 aromatic heterocycles. The molecule has 0 radical (unpaired) electrons. The van der Waals surface area contributed by atoms with Gasteiger partial charge in [0.1, 0.15) is 11.9 Å². The largest absolute Gasteiger partial charge is 0.489 e. The van der Waals surface area contributed by atoms with E-state index in [1.165, 1.54) is 11.1 Å². The van der Waals surface area contributed by atoms with Gasteiger partial charge < -0.3 is 10.1 Å². The van der Waals surface area contributed by atoms with Crippen LogP contribution in [0.2, 0.25) is 0 Å². The third-order valence-electron chi connectivity index (χ3n) is 3.31. The number of benzene rings is 2. The molecule has 0 bridgehead atoms. The number of rotatable bonds is 6. The van der Waals surface area contributed by atoms with Crippen molar-refractivity contribution in [2.45, 2.75) is 33.3 Å². The molecule has 0 spiro atoms. The first-order valence-corrected chi connectivity index (χ1v) is 7.23. The number of anilines is 1. The Labute approximate surface area is 121 Å². The van der Waals surface area contributed by atoms with Crippen LogP contribution in [0.4, 0.5) is 5.69 Å². The summed E-state index contributed by atoms with van der Waals surface area (Å²) in [7, 11) is 0. The van der Waals surface area contributed by atoms with Gasteiger partial charge in [-0.05, 0) is 50.1 Å². The number of aryl methyl sites for hydroxylation is 2. The molecule has 0 aliphatic heterocycles. The standard InChI is InChI=1S/C18H23NO/c1-4-16-7-11-18(12-8-16)20-15(3)13-19-17-9-5-14(2)6-10-17/h5-12,15,19H,4,13H2,1-3H3. The first-order valence-electron chi connectivity index (χ1n) is 7.23. The Morgan fingerprint density at radius 2 is 1.65 bits per heavy atom. The van der Waals surface area contributed by atoms with E-state index in [2.05, 4.69) is 62.5 Å². The second-order valence-electron chi connectivity index (χ2n) is 5.17. The van der Waals surface area contributed by atoms with Crippen molar-refractivity contribution in [2.24, 2.45) is 0 Å². The maximum absolute atomic E-state index is 5.90. The highest BCUT2D eigenvalue weighted by Gasteiger charge is 2.04. The summed E-state index contributed by atoms with van der Waals surface area (Å²) in [6, 6.07) is 16.7. The van der Waals surface area contributed by atoms with Crippen molar-refractivity contribution in [1.82, 2.24) is 0 Å². The van der Waals surface area contributed by atoms with Crippen LogP contribution >= 0.6 is 0 Å². The minimum absolute atomic E-state index is 0.128. The molecule has 2 nitrogen and oxygen atoms in total. The molecule has 0 aliphatic carbocycles. The smallest absolute Gasteiger partial charge is 0.119 e. The topological polar surface area (TPSA) is 21.3 Å². The van der Waals surface area contributed by atoms with Gasteiger partial charge in [0.25, 0.3) is 0 Å². The Bertz CT molecular complexity index is 516. The molecule has 20 heavy (non-hydrogen) atoms. The van der Waals surface area contributed by atoms with E-state index in [-0.39, 0.29) is 6.10 Å². The molecule has 0 fully saturated rings. The van der Waals surface area contributed by atoms with Gasteiger partial charge in [0.2, 0.25) is 0 Å². The van der Waals surface area contributed by atoms with E-state index in [1.807, 2.05) is 12.1 Å². The Kier molecular flexibility index (Phi) is 5.05. The summed E-state index contributed by atoms with van der Waals surface area (Å²) >= 11 is 0. The predicted octanol–water partition coefficient (Wildman–Crippen LogP) is 4.44. The molecular weight excluding hydrogens is 246 g/mol. The highest BCUT2D eigenvalue weighted by atomic mass is 16.5. The van der Waals surface area contributed by atoms with E-state index in [1.54, 1.807) is 0 Å². The van der Waals surface area contributed by atoms with Crippen LogP contribution in [0.1, 0.15) is 25.0 Å². The Morgan fingerprint density at radius 1 is 1.00 bits per heavy atom. The van der Waals surface area contributed by atoms with Crippen LogP contribution in [0, 0.1) is 6.92 Å². The molecule has 0 amide bonds. The SMILES string of the molecule is CCc1ccc(OC(C)CNc2ccc(C)cc2)cc1. The van der Waals surface area contributed by atoms with E-state index in [9.17, 15) is 0 Å². The van der Waals surface area contributed by atoms with Gasteiger partial charge in [-0.2, -0.15) is 0 Å². The van der Waals surface area contributed by atoms with Gasteiger partial charge in [-0.25, -0.2) is 0 Å². The minimum atomic E-state index is 0.128. The summed E-state index contributed by atoms with van der Waals surface area (Å²) in [6.45, 7) is 7.12. The van der Waals surface area contributed by atoms with Crippen molar-refractivity contribution >= 4 is 5.69 Å². The fourth-order valence-electron chi connectivity index (χ4n) is 2.01. The predicted molar refractivity (Wildman–Crippen MR) is 85.6 cm³/mol. The van der Waals surface area contributed by atoms with E-state index < -0.39 is 0 Å². The molecule has 0 saturated heterocycles. The number of hydrogen-bond donors (Lipinski definition) is 1. The van der Waals surface area contributed by atoms with Crippen molar-refractivity contribution in [3.8, 4) is 5.75 Å². The number of hydrogen-bond acceptors (Lipinski definition) is 2. The molecular formula is C18H23NO. The molecule has 2 heteroatoms. The van der Waals surface area contributed by atoms with Crippen LogP contribution in [-0.2, 0) is 6.42 Å². The van der Waals surface area contributed by atoms with Gasteiger partial charge in [0.05, 0.1) is 6.54 Å². The van der Waals surface area contributed by atoms with Gasteiger partial charge in [-0.1, -0.05) is 36.8 Å². The summed E-state index contributed by atoms with van der Waals surface area (Å²) < 4.78 is 5.90. The summed E-state index contributed by atoms with van der Waals surface area (Å²) in [5.74, 6) is 0.931. The normalized spacial score (nSPS) is 11.9. The van der Waals surface area contributed by atoms with Gasteiger partial charge in [0.15, 0.2) is 0 Å². The monoisotopic (exact) mass is 269 g/mol. The van der Waals surface area contributed by atoms with E-state index in [4.69, 9.17) is 4.74 Å². The molecule has 1 unspecified atom stereocenters. The molecule has 2 aromatic carbocycles. The van der Waals surface area contributed by atoms with Crippen molar-refractivity contribution in [2.75, 3.05) is 11.9 Å². The van der Waals surface area contributed by atoms with Crippen molar-refractivity contribution in [3.63, 3.8) is 0 Å². The molecule has 2 rings (SSSR count). The summed E-state index contributed by atoms with van der Waals surface area (Å²) in [4.78, 5) is 0. The summed E-state index contributed by atoms with van der Waals surface area (Å²) in [5.41, 5.74) is 3.74. The van der Waals surface area contributed by atoms with Crippen LogP contribution in [0.15, 0.2) is 48.5 Å². The van der Waals surface area contributed by atoms with E-state index in [0.29, 0.717) is 0 Å². The highest BCUT2D eigenvalue weighted by molar-refractivity contribution is 5.44. The molecule has 0 aliphatic rings. The fraction of sp³-hybridized carbons (Fsp3) is 0.333.